The van der Waals surface area contributed by atoms with E-state index in [2.05, 4.69) is 9.97 Å². The van der Waals surface area contributed by atoms with Crippen molar-refractivity contribution in [2.75, 3.05) is 21.2 Å². The minimum atomic E-state index is -1.44. The van der Waals surface area contributed by atoms with Gasteiger partial charge in [0.1, 0.15) is 36.4 Å². The van der Waals surface area contributed by atoms with Gasteiger partial charge in [0.05, 0.1) is 35.9 Å². The van der Waals surface area contributed by atoms with E-state index >= 15 is 0 Å². The number of rotatable bonds is 8. The van der Waals surface area contributed by atoms with Gasteiger partial charge in [0.15, 0.2) is 11.9 Å². The van der Waals surface area contributed by atoms with Gasteiger partial charge in [-0.15, -0.1) is 0 Å². The van der Waals surface area contributed by atoms with Crippen LogP contribution < -0.4 is 0 Å². The van der Waals surface area contributed by atoms with E-state index in [1.807, 2.05) is 32.0 Å². The molecule has 3 aliphatic heterocycles. The zero-order chi connectivity index (χ0) is 38.8. The van der Waals surface area contributed by atoms with Crippen LogP contribution in [-0.4, -0.2) is 128 Å². The standard InChI is InChI=1S/C38H55N5O10/c1-10-30-38(6)33(43(36(48)53-38)21-42-19-26(40-20-42)25-12-11-15-39-18-25)23(3)28(44)13-14-37(5,49-9)31(17-29(45)24(4)34(47)51-30)52-35-32(46)27(41(7)8)16-22(2)50-35/h11-12,15,18-20,22-24,27,30-33,35,46H,10,13-14,16-17,21H2,1-9H3/t22-,23+,24-,27?,30-,31-,32?,33-,35+,37-,38-/m1/s1. The number of likely N-dealkylation sites (N-methyl/N-ethyl adjacent to an activating group) is 1. The fraction of sp³-hybridized carbons (Fsp3) is 0.684. The highest BCUT2D eigenvalue weighted by atomic mass is 16.7. The molecule has 0 aliphatic carbocycles. The summed E-state index contributed by atoms with van der Waals surface area (Å²) in [4.78, 5) is 67.7. The number of methoxy groups -OCH3 is 1. The molecule has 5 rings (SSSR count). The SMILES string of the molecule is CC[C@H]1OC(=O)[C@H](C)C(=O)C[C@@H](O[C@@H]2O[C@H](C)CC(N(C)C)C2O)[C@](C)(OC)CCC(=O)[C@H](C)[C@H]2N(Cn3cnc(-c4cccnc4)c3)C(=O)O[C@]12C. The number of ketones is 2. The van der Waals surface area contributed by atoms with E-state index in [9.17, 15) is 24.3 Å². The molecule has 3 saturated heterocycles. The summed E-state index contributed by atoms with van der Waals surface area (Å²) < 4.78 is 32.3. The van der Waals surface area contributed by atoms with Crippen LogP contribution in [0, 0.1) is 11.8 Å². The van der Waals surface area contributed by atoms with Crippen molar-refractivity contribution in [3.05, 3.63) is 37.1 Å². The Kier molecular flexibility index (Phi) is 12.4. The number of imidazole rings is 1. The third-order valence-electron chi connectivity index (χ3n) is 11.4. The highest BCUT2D eigenvalue weighted by Gasteiger charge is 2.60. The van der Waals surface area contributed by atoms with Gasteiger partial charge in [-0.25, -0.2) is 9.78 Å². The Hall–Kier alpha value is -3.76. The number of cyclic esters (lactones) is 1. The number of nitrogens with zero attached hydrogens (tertiary/aromatic N) is 5. The van der Waals surface area contributed by atoms with Gasteiger partial charge in [-0.05, 0) is 73.2 Å². The first-order valence-electron chi connectivity index (χ1n) is 18.4. The van der Waals surface area contributed by atoms with Gasteiger partial charge in [-0.3, -0.25) is 24.3 Å². The van der Waals surface area contributed by atoms with Crippen LogP contribution in [0.3, 0.4) is 0 Å². The second kappa shape index (κ2) is 16.3. The van der Waals surface area contributed by atoms with Crippen LogP contribution in [0.1, 0.15) is 73.6 Å². The quantitative estimate of drug-likeness (QED) is 0.308. The molecule has 15 nitrogen and oxygen atoms in total. The maximum Gasteiger partial charge on any atom is 0.412 e. The van der Waals surface area contributed by atoms with E-state index in [-0.39, 0.29) is 50.3 Å². The van der Waals surface area contributed by atoms with Crippen LogP contribution in [-0.2, 0) is 44.7 Å². The van der Waals surface area contributed by atoms with Crippen LogP contribution in [0.2, 0.25) is 0 Å². The monoisotopic (exact) mass is 741 g/mol. The summed E-state index contributed by atoms with van der Waals surface area (Å²) >= 11 is 0. The molecule has 0 spiro atoms. The molecule has 1 amide bonds. The minimum Gasteiger partial charge on any atom is -0.458 e. The first-order valence-corrected chi connectivity index (χ1v) is 18.4. The summed E-state index contributed by atoms with van der Waals surface area (Å²) in [5, 5.41) is 11.3. The number of esters is 1. The van der Waals surface area contributed by atoms with Crippen molar-refractivity contribution in [2.24, 2.45) is 11.8 Å². The van der Waals surface area contributed by atoms with Crippen molar-refractivity contribution in [3.8, 4) is 11.3 Å². The molecule has 2 unspecified atom stereocenters. The molecule has 2 aromatic heterocycles. The van der Waals surface area contributed by atoms with Crippen LogP contribution in [0.4, 0.5) is 4.79 Å². The molecular formula is C38H55N5O10. The average Bonchev–Trinajstić information content (AvgIpc) is 3.70. The predicted octanol–water partition coefficient (Wildman–Crippen LogP) is 3.61. The highest BCUT2D eigenvalue weighted by molar-refractivity contribution is 5.99. The Balaban J connectivity index is 1.48. The number of carbonyl (C=O) groups is 4. The lowest BCUT2D eigenvalue weighted by Gasteiger charge is -2.45. The number of hydrogen-bond acceptors (Lipinski definition) is 13. The molecule has 3 aliphatic rings. The number of aliphatic hydroxyl groups excluding tert-OH is 1. The third-order valence-corrected chi connectivity index (χ3v) is 11.4. The average molecular weight is 742 g/mol. The molecule has 0 saturated carbocycles. The van der Waals surface area contributed by atoms with Crippen molar-refractivity contribution in [3.63, 3.8) is 0 Å². The number of carbonyl (C=O) groups excluding carboxylic acids is 4. The first kappa shape index (κ1) is 40.4. The Bertz CT molecular complexity index is 1620. The number of Topliss-reactive ketones (excluding diaryl/α,β-unsaturated/α-hetero) is 2. The molecular weight excluding hydrogens is 686 g/mol. The lowest BCUT2D eigenvalue weighted by Crippen LogP contribution is -2.58. The molecule has 292 valence electrons. The van der Waals surface area contributed by atoms with Crippen LogP contribution in [0.15, 0.2) is 37.1 Å². The maximum absolute atomic E-state index is 14.3. The smallest absolute Gasteiger partial charge is 0.412 e. The molecule has 0 aromatic carbocycles. The summed E-state index contributed by atoms with van der Waals surface area (Å²) in [6.45, 7) is 10.3. The van der Waals surface area contributed by atoms with E-state index in [1.165, 1.54) is 18.9 Å². The Morgan fingerprint density at radius 3 is 2.49 bits per heavy atom. The summed E-state index contributed by atoms with van der Waals surface area (Å²) in [6, 6.07) is 2.54. The van der Waals surface area contributed by atoms with Crippen LogP contribution in [0.5, 0.6) is 0 Å². The van der Waals surface area contributed by atoms with E-state index in [0.29, 0.717) is 12.1 Å². The number of aromatic nitrogens is 3. The van der Waals surface area contributed by atoms with E-state index in [0.717, 1.165) is 5.56 Å². The van der Waals surface area contributed by atoms with Gasteiger partial charge >= 0.3 is 12.1 Å². The molecule has 2 aromatic rings. The Labute approximate surface area is 311 Å². The van der Waals surface area contributed by atoms with Crippen molar-refractivity contribution in [2.45, 2.75) is 134 Å². The number of amides is 1. The van der Waals surface area contributed by atoms with Gasteiger partial charge in [-0.2, -0.15) is 0 Å². The van der Waals surface area contributed by atoms with E-state index in [1.54, 1.807) is 63.2 Å². The fourth-order valence-electron chi connectivity index (χ4n) is 7.91. The topological polar surface area (TPSA) is 172 Å². The van der Waals surface area contributed by atoms with Gasteiger partial charge in [0.25, 0.3) is 0 Å². The Morgan fingerprint density at radius 1 is 1.11 bits per heavy atom. The van der Waals surface area contributed by atoms with Crippen molar-refractivity contribution in [1.82, 2.24) is 24.3 Å². The van der Waals surface area contributed by atoms with Crippen LogP contribution >= 0.6 is 0 Å². The zero-order valence-electron chi connectivity index (χ0n) is 32.3. The molecule has 3 fully saturated rings. The van der Waals surface area contributed by atoms with E-state index < -0.39 is 71.5 Å². The second-order valence-electron chi connectivity index (χ2n) is 15.3. The Morgan fingerprint density at radius 2 is 1.85 bits per heavy atom. The summed E-state index contributed by atoms with van der Waals surface area (Å²) in [6.07, 6.45) is 2.33. The van der Waals surface area contributed by atoms with Gasteiger partial charge in [0, 0.05) is 56.1 Å². The number of fused-ring (bicyclic) bond motifs is 1. The zero-order valence-corrected chi connectivity index (χ0v) is 32.3. The number of aliphatic hydroxyl groups is 1. The van der Waals surface area contributed by atoms with Gasteiger partial charge in [0.2, 0.25) is 0 Å². The lowest BCUT2D eigenvalue weighted by atomic mass is 9.77. The molecule has 11 atom stereocenters. The van der Waals surface area contributed by atoms with Crippen molar-refractivity contribution in [1.29, 1.82) is 0 Å². The number of hydrogen-bond donors (Lipinski definition) is 1. The molecule has 15 heteroatoms. The predicted molar refractivity (Wildman–Crippen MR) is 191 cm³/mol. The molecule has 1 N–H and O–H groups in total. The molecule has 5 heterocycles. The van der Waals surface area contributed by atoms with E-state index in [4.69, 9.17) is 23.7 Å². The minimum absolute atomic E-state index is 0.00132. The lowest BCUT2D eigenvalue weighted by molar-refractivity contribution is -0.289. The molecule has 53 heavy (non-hydrogen) atoms. The maximum atomic E-state index is 14.3. The largest absolute Gasteiger partial charge is 0.458 e. The number of ether oxygens (including phenoxy) is 5. The summed E-state index contributed by atoms with van der Waals surface area (Å²) in [5.41, 5.74) is -1.23. The number of pyridine rings is 1. The van der Waals surface area contributed by atoms with Gasteiger partial charge in [-0.1, -0.05) is 13.8 Å². The normalized spacial score (nSPS) is 36.2. The highest BCUT2D eigenvalue weighted by Crippen LogP contribution is 2.42. The van der Waals surface area contributed by atoms with Crippen LogP contribution in [0.25, 0.3) is 11.3 Å². The molecule has 0 bridgehead atoms. The summed E-state index contributed by atoms with van der Waals surface area (Å²) in [5.74, 6) is -3.46. The first-order chi connectivity index (χ1) is 25.0. The summed E-state index contributed by atoms with van der Waals surface area (Å²) in [7, 11) is 5.19. The fourth-order valence-corrected chi connectivity index (χ4v) is 7.91. The van der Waals surface area contributed by atoms with Gasteiger partial charge < -0.3 is 38.3 Å². The third kappa shape index (κ3) is 8.34. The van der Waals surface area contributed by atoms with Crippen molar-refractivity contribution >= 4 is 23.6 Å². The second-order valence-corrected chi connectivity index (χ2v) is 15.3. The van der Waals surface area contributed by atoms with Crippen molar-refractivity contribution < 1.29 is 48.0 Å². The molecule has 0 radical (unpaired) electrons.